The molecule has 0 unspecified atom stereocenters. The van der Waals surface area contributed by atoms with Crippen LogP contribution in [0.2, 0.25) is 0 Å². The van der Waals surface area contributed by atoms with Crippen LogP contribution in [0.4, 0.5) is 0 Å². The van der Waals surface area contributed by atoms with Gasteiger partial charge in [-0.15, -0.1) is 0 Å². The molecule has 2 N–H and O–H groups in total. The predicted octanol–water partition coefficient (Wildman–Crippen LogP) is 10.3. The fraction of sp³-hybridized carbons (Fsp3) is 0.280. The molecule has 2 aromatic carbocycles. The molecule has 8 heteroatoms. The second-order valence-electron chi connectivity index (χ2n) is 16.5. The van der Waals surface area contributed by atoms with Gasteiger partial charge in [0, 0.05) is 59.8 Å². The summed E-state index contributed by atoms with van der Waals surface area (Å²) in [5.41, 5.74) is 25.5. The number of H-pyrrole nitrogens is 2. The molecule has 292 valence electrons. The first kappa shape index (κ1) is 37.3. The first-order valence-electron chi connectivity index (χ1n) is 20.5. The van der Waals surface area contributed by atoms with Gasteiger partial charge in [0.15, 0.2) is 0 Å². The molecule has 0 amide bonds. The van der Waals surface area contributed by atoms with Gasteiger partial charge >= 0.3 is 0 Å². The SMILES string of the molecule is CC1=C(C)C2=NC1=Cc1[nH]c(c(C)c1C)Cc1cc(n(Cc3ccccc3)n1)CC1=N/C(=C/c3[nH]c(c(C)c3C)Cc3cc(n(Cc4ccccc4)n3)C2)C(C)=C1C. The van der Waals surface area contributed by atoms with E-state index in [1.54, 1.807) is 0 Å². The zero-order valence-corrected chi connectivity index (χ0v) is 35.0. The Balaban J connectivity index is 1.17. The van der Waals surface area contributed by atoms with Crippen LogP contribution in [0.25, 0.3) is 12.2 Å². The number of aliphatic imine (C=N–C) groups is 2. The van der Waals surface area contributed by atoms with Crippen molar-refractivity contribution in [1.82, 2.24) is 29.5 Å². The van der Waals surface area contributed by atoms with Crippen molar-refractivity contribution in [3.05, 3.63) is 185 Å². The lowest BCUT2D eigenvalue weighted by molar-refractivity contribution is 0.649. The Kier molecular flexibility index (Phi) is 9.59. The average molecular weight is 765 g/mol. The Morgan fingerprint density at radius 2 is 0.879 bits per heavy atom. The Hall–Kier alpha value is -6.28. The van der Waals surface area contributed by atoms with E-state index in [2.05, 4.69) is 160 Å². The van der Waals surface area contributed by atoms with Gasteiger partial charge in [0.2, 0.25) is 0 Å². The summed E-state index contributed by atoms with van der Waals surface area (Å²) in [6.45, 7) is 19.1. The van der Waals surface area contributed by atoms with E-state index < -0.39 is 0 Å². The van der Waals surface area contributed by atoms with Gasteiger partial charge in [-0.25, -0.2) is 0 Å². The number of fused-ring (bicyclic) bond motifs is 10. The van der Waals surface area contributed by atoms with Crippen molar-refractivity contribution < 1.29 is 0 Å². The number of allylic oxidation sites excluding steroid dienone is 4. The number of aromatic amines is 2. The van der Waals surface area contributed by atoms with Crippen molar-refractivity contribution in [2.24, 2.45) is 9.98 Å². The van der Waals surface area contributed by atoms with Crippen molar-refractivity contribution in [2.75, 3.05) is 0 Å². The lowest BCUT2D eigenvalue weighted by atomic mass is 10.0. The van der Waals surface area contributed by atoms with Crippen LogP contribution in [0, 0.1) is 27.7 Å². The van der Waals surface area contributed by atoms with Crippen molar-refractivity contribution in [3.8, 4) is 0 Å². The average Bonchev–Trinajstić information content (AvgIpc) is 4.02. The third-order valence-corrected chi connectivity index (χ3v) is 12.8. The molecule has 4 aromatic heterocycles. The molecule has 3 aliphatic rings. The van der Waals surface area contributed by atoms with Crippen molar-refractivity contribution in [2.45, 2.75) is 94.2 Å². The smallest absolute Gasteiger partial charge is 0.0686 e. The predicted molar refractivity (Wildman–Crippen MR) is 237 cm³/mol. The third-order valence-electron chi connectivity index (χ3n) is 12.8. The van der Waals surface area contributed by atoms with Crippen molar-refractivity contribution in [3.63, 3.8) is 0 Å². The molecule has 0 atom stereocenters. The first-order chi connectivity index (χ1) is 28.0. The highest BCUT2D eigenvalue weighted by Gasteiger charge is 2.24. The van der Waals surface area contributed by atoms with E-state index >= 15 is 0 Å². The highest BCUT2D eigenvalue weighted by Crippen LogP contribution is 2.33. The maximum atomic E-state index is 5.30. The molecule has 8 nitrogen and oxygen atoms in total. The van der Waals surface area contributed by atoms with Gasteiger partial charge in [0.1, 0.15) is 0 Å². The third kappa shape index (κ3) is 7.01. The van der Waals surface area contributed by atoms with Crippen LogP contribution in [0.15, 0.2) is 116 Å². The van der Waals surface area contributed by atoms with Gasteiger partial charge in [-0.05, 0) is 135 Å². The number of benzene rings is 2. The molecule has 0 saturated heterocycles. The fourth-order valence-corrected chi connectivity index (χ4v) is 8.52. The summed E-state index contributed by atoms with van der Waals surface area (Å²) < 4.78 is 4.35. The standard InChI is InChI=1S/C50H52N8/c1-29-33(5)47-25-49-35(7)31(3)45(53-49)24-42-20-40(56-58(42)28-38-17-13-10-14-18-38)22-44-30(2)34(6)48(52-44)26-50-36(8)32(4)46(54-50)23-41-19-39(21-43(29)51-47)55-57(41)27-37-15-11-9-12-16-37/h9-20,25-26,51-52H,21-24,27-28H2,1-8H3/b49-25+,50-26?. The largest absolute Gasteiger partial charge is 0.358 e. The summed E-state index contributed by atoms with van der Waals surface area (Å²) in [5.74, 6) is 0. The van der Waals surface area contributed by atoms with E-state index in [1.807, 2.05) is 0 Å². The molecule has 12 bridgehead atoms. The molecule has 9 rings (SSSR count). The normalized spacial score (nSPS) is 16.6. The van der Waals surface area contributed by atoms with E-state index in [9.17, 15) is 0 Å². The van der Waals surface area contributed by atoms with Crippen LogP contribution in [-0.4, -0.2) is 41.0 Å². The summed E-state index contributed by atoms with van der Waals surface area (Å²) in [6.07, 6.45) is 7.29. The minimum absolute atomic E-state index is 0.702. The molecule has 0 aliphatic carbocycles. The lowest BCUT2D eigenvalue weighted by Gasteiger charge is -2.08. The molecular weight excluding hydrogens is 713 g/mol. The van der Waals surface area contributed by atoms with Gasteiger partial charge in [0.05, 0.1) is 47.3 Å². The molecule has 3 aliphatic heterocycles. The van der Waals surface area contributed by atoms with Gasteiger partial charge in [0.25, 0.3) is 0 Å². The summed E-state index contributed by atoms with van der Waals surface area (Å²) in [4.78, 5) is 18.2. The van der Waals surface area contributed by atoms with Crippen LogP contribution in [0.5, 0.6) is 0 Å². The van der Waals surface area contributed by atoms with E-state index in [1.165, 1.54) is 67.1 Å². The Morgan fingerprint density at radius 3 is 1.28 bits per heavy atom. The zero-order valence-electron chi connectivity index (χ0n) is 35.0. The molecule has 0 spiro atoms. The van der Waals surface area contributed by atoms with E-state index in [-0.39, 0.29) is 0 Å². The molecule has 0 saturated carbocycles. The summed E-state index contributed by atoms with van der Waals surface area (Å²) in [5, 5.41) is 10.5. The minimum atomic E-state index is 0.702. The maximum absolute atomic E-state index is 5.30. The molecule has 7 heterocycles. The van der Waals surface area contributed by atoms with Crippen LogP contribution < -0.4 is 0 Å². The molecule has 0 fully saturated rings. The number of hydrogen-bond donors (Lipinski definition) is 2. The monoisotopic (exact) mass is 764 g/mol. The summed E-state index contributed by atoms with van der Waals surface area (Å²) in [7, 11) is 0. The van der Waals surface area contributed by atoms with Crippen LogP contribution >= 0.6 is 0 Å². The molecule has 58 heavy (non-hydrogen) atoms. The number of nitrogens with one attached hydrogen (secondary N) is 2. The second-order valence-corrected chi connectivity index (χ2v) is 16.5. The van der Waals surface area contributed by atoms with Crippen LogP contribution in [0.1, 0.15) is 107 Å². The quantitative estimate of drug-likeness (QED) is 0.187. The van der Waals surface area contributed by atoms with Gasteiger partial charge in [-0.2, -0.15) is 10.2 Å². The minimum Gasteiger partial charge on any atom is -0.358 e. The van der Waals surface area contributed by atoms with E-state index in [4.69, 9.17) is 20.2 Å². The number of aromatic nitrogens is 6. The van der Waals surface area contributed by atoms with Crippen molar-refractivity contribution in [1.29, 1.82) is 0 Å². The van der Waals surface area contributed by atoms with Crippen LogP contribution in [0.3, 0.4) is 0 Å². The Morgan fingerprint density at radius 1 is 0.483 bits per heavy atom. The fourth-order valence-electron chi connectivity index (χ4n) is 8.52. The van der Waals surface area contributed by atoms with Gasteiger partial charge in [-0.1, -0.05) is 60.7 Å². The van der Waals surface area contributed by atoms with Crippen molar-refractivity contribution >= 4 is 23.6 Å². The van der Waals surface area contributed by atoms with Crippen LogP contribution in [-0.2, 0) is 38.8 Å². The first-order valence-corrected chi connectivity index (χ1v) is 20.5. The summed E-state index contributed by atoms with van der Waals surface area (Å²) in [6, 6.07) is 25.8. The van der Waals surface area contributed by atoms with E-state index in [0.29, 0.717) is 38.8 Å². The highest BCUT2D eigenvalue weighted by atomic mass is 15.3. The molecule has 0 radical (unpaired) electrons. The molecular formula is C50H52N8. The Labute approximate surface area is 341 Å². The van der Waals surface area contributed by atoms with E-state index in [0.717, 1.165) is 57.0 Å². The highest BCUT2D eigenvalue weighted by molar-refractivity contribution is 6.06. The maximum Gasteiger partial charge on any atom is 0.0686 e. The Bertz CT molecular complexity index is 2590. The van der Waals surface area contributed by atoms with Gasteiger partial charge < -0.3 is 9.97 Å². The van der Waals surface area contributed by atoms with Gasteiger partial charge in [-0.3, -0.25) is 19.3 Å². The second kappa shape index (κ2) is 14.9. The zero-order chi connectivity index (χ0) is 40.2. The lowest BCUT2D eigenvalue weighted by Crippen LogP contribution is -2.11. The number of rotatable bonds is 4. The topological polar surface area (TPSA) is 91.9 Å². The summed E-state index contributed by atoms with van der Waals surface area (Å²) >= 11 is 0. The number of nitrogens with zero attached hydrogens (tertiary/aromatic N) is 6. The molecule has 6 aromatic rings. The number of hydrogen-bond acceptors (Lipinski definition) is 4.